The number of anilines is 2. The highest BCUT2D eigenvalue weighted by molar-refractivity contribution is 7.14. The summed E-state index contributed by atoms with van der Waals surface area (Å²) in [6.07, 6.45) is -5.09. The van der Waals surface area contributed by atoms with Crippen LogP contribution in [0.4, 0.5) is 24.5 Å². The number of carbonyl (C=O) groups excluding carboxylic acids is 3. The maximum absolute atomic E-state index is 13.7. The van der Waals surface area contributed by atoms with Crippen LogP contribution >= 0.6 is 11.3 Å². The second kappa shape index (κ2) is 8.47. The molecule has 1 aliphatic heterocycles. The van der Waals surface area contributed by atoms with Crippen LogP contribution in [0.5, 0.6) is 0 Å². The smallest absolute Gasteiger partial charge is 0.409 e. The summed E-state index contributed by atoms with van der Waals surface area (Å²) in [5.41, 5.74) is 0.934. The number of alkyl halides is 3. The van der Waals surface area contributed by atoms with E-state index in [1.165, 1.54) is 35.6 Å². The van der Waals surface area contributed by atoms with E-state index in [-0.39, 0.29) is 16.3 Å². The van der Waals surface area contributed by atoms with Crippen molar-refractivity contribution in [1.29, 1.82) is 0 Å². The third-order valence-electron chi connectivity index (χ3n) is 4.70. The molecule has 0 saturated carbocycles. The highest BCUT2D eigenvalue weighted by Crippen LogP contribution is 2.37. The summed E-state index contributed by atoms with van der Waals surface area (Å²) in [5, 5.41) is 2.38. The van der Waals surface area contributed by atoms with E-state index >= 15 is 0 Å². The van der Waals surface area contributed by atoms with Gasteiger partial charge in [0.05, 0.1) is 17.8 Å². The van der Waals surface area contributed by atoms with Gasteiger partial charge in [-0.1, -0.05) is 19.1 Å². The number of aryl methyl sites for hydroxylation is 2. The summed E-state index contributed by atoms with van der Waals surface area (Å²) in [4.78, 5) is 38.7. The van der Waals surface area contributed by atoms with E-state index in [9.17, 15) is 27.6 Å². The van der Waals surface area contributed by atoms with Gasteiger partial charge in [-0.2, -0.15) is 13.2 Å². The molecule has 6 nitrogen and oxygen atoms in total. The first kappa shape index (κ1) is 21.8. The Morgan fingerprint density at radius 2 is 2.00 bits per heavy atom. The lowest BCUT2D eigenvalue weighted by atomic mass is 10.1. The molecule has 3 rings (SSSR count). The molecule has 0 bridgehead atoms. The van der Waals surface area contributed by atoms with Crippen LogP contribution in [-0.4, -0.2) is 36.6 Å². The van der Waals surface area contributed by atoms with Gasteiger partial charge in [0.1, 0.15) is 10.9 Å². The van der Waals surface area contributed by atoms with Gasteiger partial charge in [0, 0.05) is 4.88 Å². The number of nitrogens with zero attached hydrogens (tertiary/aromatic N) is 1. The number of ether oxygens (including phenoxy) is 1. The van der Waals surface area contributed by atoms with Gasteiger partial charge in [0.25, 0.3) is 5.91 Å². The highest BCUT2D eigenvalue weighted by Gasteiger charge is 2.49. The van der Waals surface area contributed by atoms with Crippen molar-refractivity contribution in [3.05, 3.63) is 45.6 Å². The quantitative estimate of drug-likeness (QED) is 0.727. The second-order valence-corrected chi connectivity index (χ2v) is 7.97. The normalized spacial score (nSPS) is 16.5. The average molecular weight is 440 g/mol. The molecule has 1 unspecified atom stereocenters. The summed E-state index contributed by atoms with van der Waals surface area (Å²) < 4.78 is 46.0. The van der Waals surface area contributed by atoms with Crippen molar-refractivity contribution in [2.45, 2.75) is 38.9 Å². The topological polar surface area (TPSA) is 75.7 Å². The zero-order valence-corrected chi connectivity index (χ0v) is 17.0. The predicted molar refractivity (Wildman–Crippen MR) is 106 cm³/mol. The van der Waals surface area contributed by atoms with Gasteiger partial charge in [-0.25, -0.2) is 4.79 Å². The Balaban J connectivity index is 1.85. The molecule has 1 aliphatic rings. The monoisotopic (exact) mass is 440 g/mol. The van der Waals surface area contributed by atoms with E-state index in [0.717, 1.165) is 10.4 Å². The van der Waals surface area contributed by atoms with E-state index in [4.69, 9.17) is 4.74 Å². The fraction of sp³-hybridized carbons (Fsp3) is 0.350. The molecule has 1 atom stereocenters. The summed E-state index contributed by atoms with van der Waals surface area (Å²) in [6, 6.07) is 4.96. The number of hydrogen-bond acceptors (Lipinski definition) is 5. The summed E-state index contributed by atoms with van der Waals surface area (Å²) >= 11 is 1.20. The van der Waals surface area contributed by atoms with Crippen molar-refractivity contribution in [2.24, 2.45) is 0 Å². The van der Waals surface area contributed by atoms with Crippen LogP contribution in [0.1, 0.15) is 33.5 Å². The largest absolute Gasteiger partial charge is 0.451 e. The van der Waals surface area contributed by atoms with Gasteiger partial charge in [0.15, 0.2) is 6.61 Å². The van der Waals surface area contributed by atoms with Crippen molar-refractivity contribution in [3.8, 4) is 0 Å². The minimum absolute atomic E-state index is 0.0791. The summed E-state index contributed by atoms with van der Waals surface area (Å²) in [7, 11) is 0. The Morgan fingerprint density at radius 1 is 1.30 bits per heavy atom. The molecule has 0 radical (unpaired) electrons. The second-order valence-electron chi connectivity index (χ2n) is 6.71. The molecule has 1 N–H and O–H groups in total. The van der Waals surface area contributed by atoms with Gasteiger partial charge in [-0.15, -0.1) is 11.3 Å². The molecule has 30 heavy (non-hydrogen) atoms. The van der Waals surface area contributed by atoms with Crippen LogP contribution in [0, 0.1) is 6.92 Å². The lowest BCUT2D eigenvalue weighted by molar-refractivity contribution is -0.158. The van der Waals surface area contributed by atoms with E-state index in [2.05, 4.69) is 5.32 Å². The molecular weight excluding hydrogens is 421 g/mol. The van der Waals surface area contributed by atoms with E-state index in [1.54, 1.807) is 6.07 Å². The minimum Gasteiger partial charge on any atom is -0.451 e. The van der Waals surface area contributed by atoms with Gasteiger partial charge in [-0.05, 0) is 37.1 Å². The molecule has 0 saturated heterocycles. The number of hydrogen-bond donors (Lipinski definition) is 1. The van der Waals surface area contributed by atoms with Crippen LogP contribution in [0.2, 0.25) is 0 Å². The number of amides is 2. The average Bonchev–Trinajstić information content (AvgIpc) is 2.98. The third-order valence-corrected chi connectivity index (χ3v) is 5.78. The van der Waals surface area contributed by atoms with Gasteiger partial charge in [-0.3, -0.25) is 14.5 Å². The van der Waals surface area contributed by atoms with Gasteiger partial charge < -0.3 is 10.1 Å². The lowest BCUT2D eigenvalue weighted by Crippen LogP contribution is -2.51. The van der Waals surface area contributed by atoms with Crippen molar-refractivity contribution in [2.75, 3.05) is 16.8 Å². The zero-order valence-electron chi connectivity index (χ0n) is 16.2. The third kappa shape index (κ3) is 4.48. The Hall–Kier alpha value is -2.88. The fourth-order valence-corrected chi connectivity index (χ4v) is 4.24. The van der Waals surface area contributed by atoms with Gasteiger partial charge in [0.2, 0.25) is 5.91 Å². The number of nitrogens with one attached hydrogen (secondary N) is 1. The number of carbonyl (C=O) groups is 3. The standard InChI is InChI=1S/C20H19F3N2O4S/c1-3-12-8-15(30-11(12)2)19(28)29-10-18(27)25-14-7-5-4-6-13(14)24-17(26)9-16(25)20(21,22)23/h4-8,16H,3,9-10H2,1-2H3,(H,24,26). The minimum atomic E-state index is -4.85. The Labute approximate surface area is 174 Å². The maximum Gasteiger partial charge on any atom is 0.409 e. The predicted octanol–water partition coefficient (Wildman–Crippen LogP) is 4.08. The molecule has 10 heteroatoms. The Kier molecular flexibility index (Phi) is 6.16. The Morgan fingerprint density at radius 3 is 2.63 bits per heavy atom. The van der Waals surface area contributed by atoms with Crippen molar-refractivity contribution >= 4 is 40.5 Å². The highest BCUT2D eigenvalue weighted by atomic mass is 32.1. The molecule has 0 spiro atoms. The molecule has 0 aliphatic carbocycles. The molecule has 160 valence electrons. The van der Waals surface area contributed by atoms with E-state index < -0.39 is 43.0 Å². The number of benzene rings is 1. The molecule has 2 heterocycles. The first-order valence-corrected chi connectivity index (χ1v) is 9.97. The summed E-state index contributed by atoms with van der Waals surface area (Å²) in [5.74, 6) is -2.71. The number of esters is 1. The van der Waals surface area contributed by atoms with Crippen molar-refractivity contribution < 1.29 is 32.3 Å². The number of halogens is 3. The van der Waals surface area contributed by atoms with Crippen LogP contribution in [-0.2, 0) is 20.7 Å². The van der Waals surface area contributed by atoms with E-state index in [0.29, 0.717) is 11.3 Å². The van der Waals surface area contributed by atoms with Gasteiger partial charge >= 0.3 is 12.1 Å². The maximum atomic E-state index is 13.7. The molecule has 2 aromatic rings. The molecule has 0 fully saturated rings. The van der Waals surface area contributed by atoms with Crippen LogP contribution in [0.15, 0.2) is 30.3 Å². The first-order chi connectivity index (χ1) is 14.1. The number of fused-ring (bicyclic) bond motifs is 1. The number of thiophene rings is 1. The summed E-state index contributed by atoms with van der Waals surface area (Å²) in [6.45, 7) is 2.89. The van der Waals surface area contributed by atoms with E-state index in [1.807, 2.05) is 13.8 Å². The lowest BCUT2D eigenvalue weighted by Gasteiger charge is -2.31. The zero-order chi connectivity index (χ0) is 22.1. The fourth-order valence-electron chi connectivity index (χ4n) is 3.24. The first-order valence-electron chi connectivity index (χ1n) is 9.16. The van der Waals surface area contributed by atoms with Crippen LogP contribution in [0.25, 0.3) is 0 Å². The Bertz CT molecular complexity index is 987. The van der Waals surface area contributed by atoms with Crippen LogP contribution < -0.4 is 10.2 Å². The SMILES string of the molecule is CCc1cc(C(=O)OCC(=O)N2c3ccccc3NC(=O)CC2C(F)(F)F)sc1C. The van der Waals surface area contributed by atoms with Crippen molar-refractivity contribution in [3.63, 3.8) is 0 Å². The molecule has 2 amide bonds. The van der Waals surface area contributed by atoms with Crippen molar-refractivity contribution in [1.82, 2.24) is 0 Å². The number of para-hydroxylation sites is 2. The number of rotatable bonds is 4. The van der Waals surface area contributed by atoms with Crippen LogP contribution in [0.3, 0.4) is 0 Å². The molecular formula is C20H19F3N2O4S. The molecule has 1 aromatic heterocycles. The molecule has 1 aromatic carbocycles.